The number of para-hydroxylation sites is 1. The second-order valence-electron chi connectivity index (χ2n) is 7.27. The molecule has 1 aliphatic carbocycles. The predicted molar refractivity (Wildman–Crippen MR) is 121 cm³/mol. The van der Waals surface area contributed by atoms with Crippen LogP contribution in [-0.2, 0) is 12.8 Å². The van der Waals surface area contributed by atoms with Crippen LogP contribution in [0.5, 0.6) is 0 Å². The number of thiophene rings is 2. The van der Waals surface area contributed by atoms with E-state index >= 15 is 0 Å². The zero-order valence-corrected chi connectivity index (χ0v) is 18.1. The van der Waals surface area contributed by atoms with Gasteiger partial charge in [-0.1, -0.05) is 19.1 Å². The van der Waals surface area contributed by atoms with E-state index in [-0.39, 0.29) is 5.91 Å². The van der Waals surface area contributed by atoms with E-state index in [2.05, 4.69) is 29.4 Å². The Morgan fingerprint density at radius 2 is 2.07 bits per heavy atom. The quantitative estimate of drug-likeness (QED) is 0.409. The van der Waals surface area contributed by atoms with E-state index < -0.39 is 0 Å². The number of carbonyl (C=O) groups excluding carboxylic acids is 1. The molecule has 3 heterocycles. The summed E-state index contributed by atoms with van der Waals surface area (Å²) < 4.78 is 1.14. The fourth-order valence-corrected chi connectivity index (χ4v) is 6.95. The van der Waals surface area contributed by atoms with Crippen LogP contribution in [0, 0.1) is 17.2 Å². The van der Waals surface area contributed by atoms with Crippen molar-refractivity contribution in [2.24, 2.45) is 5.92 Å². The van der Waals surface area contributed by atoms with Crippen molar-refractivity contribution in [3.05, 3.63) is 57.3 Å². The van der Waals surface area contributed by atoms with Gasteiger partial charge in [-0.2, -0.15) is 5.26 Å². The Labute approximate surface area is 180 Å². The average Bonchev–Trinajstić information content (AvgIpc) is 3.43. The number of carbonyl (C=O) groups is 1. The lowest BCUT2D eigenvalue weighted by molar-refractivity contribution is 0.103. The maximum absolute atomic E-state index is 12.9. The third-order valence-corrected chi connectivity index (χ3v) is 8.64. The van der Waals surface area contributed by atoms with Gasteiger partial charge < -0.3 is 5.32 Å². The van der Waals surface area contributed by atoms with Gasteiger partial charge in [0.2, 0.25) is 0 Å². The van der Waals surface area contributed by atoms with Crippen LogP contribution in [0.15, 0.2) is 36.4 Å². The molecule has 0 fully saturated rings. The molecule has 0 radical (unpaired) electrons. The number of nitrogens with zero attached hydrogens (tertiary/aromatic N) is 2. The van der Waals surface area contributed by atoms with Crippen LogP contribution in [0.3, 0.4) is 0 Å². The molecule has 1 aliphatic rings. The molecule has 29 heavy (non-hydrogen) atoms. The van der Waals surface area contributed by atoms with E-state index in [0.29, 0.717) is 21.4 Å². The van der Waals surface area contributed by atoms with Crippen molar-refractivity contribution < 1.29 is 4.79 Å². The number of nitrogens with one attached hydrogen (secondary N) is 1. The van der Waals surface area contributed by atoms with Gasteiger partial charge in [0.25, 0.3) is 5.91 Å². The molecule has 5 rings (SSSR count). The highest BCUT2D eigenvalue weighted by molar-refractivity contribution is 7.26. The van der Waals surface area contributed by atoms with Crippen LogP contribution in [-0.4, -0.2) is 10.9 Å². The van der Waals surface area contributed by atoms with E-state index in [4.69, 9.17) is 0 Å². The number of benzene rings is 1. The summed E-state index contributed by atoms with van der Waals surface area (Å²) >= 11 is 4.62. The first-order chi connectivity index (χ1) is 14.1. The van der Waals surface area contributed by atoms with Gasteiger partial charge >= 0.3 is 0 Å². The Kier molecular flexibility index (Phi) is 4.70. The third-order valence-electron chi connectivity index (χ3n) is 5.19. The number of thiazole rings is 1. The van der Waals surface area contributed by atoms with Gasteiger partial charge in [-0.05, 0) is 55.0 Å². The van der Waals surface area contributed by atoms with E-state index in [0.717, 1.165) is 44.9 Å². The largest absolute Gasteiger partial charge is 0.312 e. The summed E-state index contributed by atoms with van der Waals surface area (Å²) in [5, 5.41) is 14.2. The molecule has 1 N–H and O–H groups in total. The minimum absolute atomic E-state index is 0.162. The summed E-state index contributed by atoms with van der Waals surface area (Å²) in [5.74, 6) is 0.468. The Balaban J connectivity index is 1.40. The third kappa shape index (κ3) is 3.38. The van der Waals surface area contributed by atoms with Crippen LogP contribution in [0.25, 0.3) is 20.1 Å². The lowest BCUT2D eigenvalue weighted by atomic mass is 9.89. The molecule has 0 spiro atoms. The molecule has 1 unspecified atom stereocenters. The first-order valence-electron chi connectivity index (χ1n) is 9.44. The molecule has 7 heteroatoms. The molecular weight excluding hydrogens is 418 g/mol. The summed E-state index contributed by atoms with van der Waals surface area (Å²) in [6, 6.07) is 14.1. The molecule has 3 aromatic heterocycles. The molecular formula is C22H17N3OS3. The van der Waals surface area contributed by atoms with Crippen molar-refractivity contribution in [1.29, 1.82) is 5.26 Å². The molecule has 4 aromatic rings. The topological polar surface area (TPSA) is 65.8 Å². The number of rotatable bonds is 3. The summed E-state index contributed by atoms with van der Waals surface area (Å²) in [6.45, 7) is 2.24. The number of hydrogen-bond acceptors (Lipinski definition) is 6. The minimum Gasteiger partial charge on any atom is -0.312 e. The molecule has 0 saturated heterocycles. The van der Waals surface area contributed by atoms with Crippen molar-refractivity contribution in [2.45, 2.75) is 26.2 Å². The van der Waals surface area contributed by atoms with Crippen molar-refractivity contribution in [1.82, 2.24) is 4.98 Å². The second kappa shape index (κ2) is 7.38. The normalized spacial score (nSPS) is 15.8. The fourth-order valence-electron chi connectivity index (χ4n) is 3.67. The lowest BCUT2D eigenvalue weighted by Crippen LogP contribution is -2.10. The molecule has 0 bridgehead atoms. The fraction of sp³-hybridized carbons (Fsp3) is 0.227. The number of amides is 1. The molecule has 4 nitrogen and oxygen atoms in total. The highest BCUT2D eigenvalue weighted by Gasteiger charge is 2.25. The smallest absolute Gasteiger partial charge is 0.266 e. The summed E-state index contributed by atoms with van der Waals surface area (Å²) in [6.07, 6.45) is 3.01. The van der Waals surface area contributed by atoms with Gasteiger partial charge in [0.15, 0.2) is 0 Å². The van der Waals surface area contributed by atoms with Crippen LogP contribution in [0.4, 0.5) is 5.00 Å². The zero-order valence-electron chi connectivity index (χ0n) is 15.7. The number of anilines is 1. The zero-order chi connectivity index (χ0) is 20.0. The number of fused-ring (bicyclic) bond motifs is 2. The Morgan fingerprint density at radius 3 is 2.90 bits per heavy atom. The van der Waals surface area contributed by atoms with E-state index in [1.807, 2.05) is 30.3 Å². The van der Waals surface area contributed by atoms with E-state index in [1.165, 1.54) is 16.2 Å². The van der Waals surface area contributed by atoms with Crippen molar-refractivity contribution in [2.75, 3.05) is 5.32 Å². The summed E-state index contributed by atoms with van der Waals surface area (Å²) in [4.78, 5) is 20.4. The number of nitriles is 1. The van der Waals surface area contributed by atoms with Gasteiger partial charge in [0.05, 0.1) is 25.5 Å². The molecule has 144 valence electrons. The highest BCUT2D eigenvalue weighted by Crippen LogP contribution is 2.40. The number of aromatic nitrogens is 1. The van der Waals surface area contributed by atoms with Crippen molar-refractivity contribution in [3.63, 3.8) is 0 Å². The maximum Gasteiger partial charge on any atom is 0.266 e. The lowest BCUT2D eigenvalue weighted by Gasteiger charge is -2.17. The minimum atomic E-state index is -0.162. The second-order valence-corrected chi connectivity index (χ2v) is 10.5. The Hall–Kier alpha value is -2.53. The molecule has 1 aromatic carbocycles. The van der Waals surface area contributed by atoms with Gasteiger partial charge in [0, 0.05) is 4.88 Å². The maximum atomic E-state index is 12.9. The SMILES string of the molecule is CC1CCc2c(sc(NC(=O)c3ccc(-c4nc5ccccc5s4)s3)c2C#N)C1. The van der Waals surface area contributed by atoms with Crippen LogP contribution < -0.4 is 5.32 Å². The first-order valence-corrected chi connectivity index (χ1v) is 11.9. The number of hydrogen-bond donors (Lipinski definition) is 1. The van der Waals surface area contributed by atoms with Gasteiger partial charge in [-0.3, -0.25) is 4.79 Å². The van der Waals surface area contributed by atoms with Gasteiger partial charge in [-0.15, -0.1) is 34.0 Å². The van der Waals surface area contributed by atoms with E-state index in [9.17, 15) is 10.1 Å². The van der Waals surface area contributed by atoms with E-state index in [1.54, 1.807) is 22.7 Å². The van der Waals surface area contributed by atoms with Crippen molar-refractivity contribution >= 4 is 55.1 Å². The standard InChI is InChI=1S/C22H17N3OS3/c1-12-6-7-13-14(11-23)21(29-19(13)10-12)25-20(26)17-8-9-18(27-17)22-24-15-4-2-3-5-16(15)28-22/h2-5,8-9,12H,6-7,10H2,1H3,(H,25,26). The summed E-state index contributed by atoms with van der Waals surface area (Å²) in [5.41, 5.74) is 2.75. The van der Waals surface area contributed by atoms with Crippen LogP contribution >= 0.6 is 34.0 Å². The predicted octanol–water partition coefficient (Wildman–Crippen LogP) is 6.34. The summed E-state index contributed by atoms with van der Waals surface area (Å²) in [7, 11) is 0. The molecule has 1 atom stereocenters. The Morgan fingerprint density at radius 1 is 1.21 bits per heavy atom. The first kappa shape index (κ1) is 18.5. The van der Waals surface area contributed by atoms with Crippen LogP contribution in [0.1, 0.15) is 39.0 Å². The van der Waals surface area contributed by atoms with Gasteiger partial charge in [-0.25, -0.2) is 4.98 Å². The monoisotopic (exact) mass is 435 g/mol. The molecule has 0 aliphatic heterocycles. The van der Waals surface area contributed by atoms with Crippen molar-refractivity contribution in [3.8, 4) is 16.0 Å². The van der Waals surface area contributed by atoms with Gasteiger partial charge in [0.1, 0.15) is 16.1 Å². The Bertz CT molecular complexity index is 1240. The molecule has 0 saturated carbocycles. The average molecular weight is 436 g/mol. The highest BCUT2D eigenvalue weighted by atomic mass is 32.1. The van der Waals surface area contributed by atoms with Crippen LogP contribution in [0.2, 0.25) is 0 Å². The molecule has 1 amide bonds.